The van der Waals surface area contributed by atoms with Crippen LogP contribution in [0.5, 0.6) is 0 Å². The number of hydrogen-bond acceptors (Lipinski definition) is 2. The molecule has 0 bridgehead atoms. The predicted molar refractivity (Wildman–Crippen MR) is 49.0 cm³/mol. The fourth-order valence-electron chi connectivity index (χ4n) is 1.27. The molecule has 1 fully saturated rings. The van der Waals surface area contributed by atoms with Crippen molar-refractivity contribution in [3.05, 3.63) is 0 Å². The molecule has 5 heteroatoms. The van der Waals surface area contributed by atoms with Crippen LogP contribution < -0.4 is 5.32 Å². The number of likely N-dealkylation sites (N-methyl/N-ethyl adjacent to an activating group) is 1. The Morgan fingerprint density at radius 3 is 2.92 bits per heavy atom. The number of rotatable bonds is 1. The maximum atomic E-state index is 10.7. The van der Waals surface area contributed by atoms with E-state index >= 15 is 0 Å². The van der Waals surface area contributed by atoms with Gasteiger partial charge in [0.15, 0.2) is 5.11 Å². The molecule has 0 aromatic rings. The first-order chi connectivity index (χ1) is 5.52. The van der Waals surface area contributed by atoms with Crippen LogP contribution in [-0.4, -0.2) is 40.2 Å². The zero-order valence-corrected chi connectivity index (χ0v) is 7.89. The van der Waals surface area contributed by atoms with Gasteiger partial charge in [-0.05, 0) is 25.6 Å². The first kappa shape index (κ1) is 9.25. The molecule has 12 heavy (non-hydrogen) atoms. The van der Waals surface area contributed by atoms with E-state index in [-0.39, 0.29) is 6.04 Å². The average Bonchev–Trinajstić information content (AvgIpc) is 1.96. The Hall–Kier alpha value is -0.840. The second-order valence-corrected chi connectivity index (χ2v) is 3.44. The smallest absolute Gasteiger partial charge is 0.326 e. The van der Waals surface area contributed by atoms with Crippen molar-refractivity contribution in [1.82, 2.24) is 10.2 Å². The van der Waals surface area contributed by atoms with E-state index in [1.165, 1.54) is 0 Å². The second-order valence-electron chi connectivity index (χ2n) is 3.05. The summed E-state index contributed by atoms with van der Waals surface area (Å²) in [6, 6.07) is -0.330. The van der Waals surface area contributed by atoms with Crippen LogP contribution >= 0.6 is 12.2 Å². The van der Waals surface area contributed by atoms with Gasteiger partial charge in [-0.3, -0.25) is 0 Å². The molecule has 0 radical (unpaired) electrons. The summed E-state index contributed by atoms with van der Waals surface area (Å²) in [6.45, 7) is 1.93. The topological polar surface area (TPSA) is 52.6 Å². The second kappa shape index (κ2) is 3.26. The molecule has 0 aromatic heterocycles. The highest BCUT2D eigenvalue weighted by molar-refractivity contribution is 7.80. The number of carboxylic acid groups (broad SMARTS) is 1. The molecule has 0 saturated carbocycles. The average molecular weight is 188 g/mol. The molecule has 0 unspecified atom stereocenters. The first-order valence-corrected chi connectivity index (χ1v) is 4.19. The van der Waals surface area contributed by atoms with Crippen molar-refractivity contribution in [3.63, 3.8) is 0 Å². The van der Waals surface area contributed by atoms with Gasteiger partial charge in [0.25, 0.3) is 0 Å². The van der Waals surface area contributed by atoms with Gasteiger partial charge in [-0.2, -0.15) is 0 Å². The number of carbonyl (C=O) groups is 1. The van der Waals surface area contributed by atoms with Gasteiger partial charge in [0.05, 0.1) is 0 Å². The Labute approximate surface area is 76.5 Å². The lowest BCUT2D eigenvalue weighted by Gasteiger charge is -2.36. The van der Waals surface area contributed by atoms with Gasteiger partial charge in [-0.1, -0.05) is 0 Å². The summed E-state index contributed by atoms with van der Waals surface area (Å²) < 4.78 is 0. The zero-order valence-electron chi connectivity index (χ0n) is 7.07. The fraction of sp³-hybridized carbons (Fsp3) is 0.714. The molecule has 1 aliphatic rings. The first-order valence-electron chi connectivity index (χ1n) is 3.78. The van der Waals surface area contributed by atoms with Crippen LogP contribution in [-0.2, 0) is 4.79 Å². The number of aliphatic carboxylic acids is 1. The van der Waals surface area contributed by atoms with Crippen molar-refractivity contribution in [3.8, 4) is 0 Å². The lowest BCUT2D eigenvalue weighted by Crippen LogP contribution is -2.56. The number of nitrogens with one attached hydrogen (secondary N) is 1. The van der Waals surface area contributed by atoms with Crippen molar-refractivity contribution >= 4 is 23.3 Å². The van der Waals surface area contributed by atoms with Crippen LogP contribution in [0.25, 0.3) is 0 Å². The Morgan fingerprint density at radius 1 is 1.83 bits per heavy atom. The summed E-state index contributed by atoms with van der Waals surface area (Å²) in [5.41, 5.74) is 0. The Kier molecular flexibility index (Phi) is 2.52. The molecule has 2 N–H and O–H groups in total. The summed E-state index contributed by atoms with van der Waals surface area (Å²) in [5, 5.41) is 12.3. The fourth-order valence-corrected chi connectivity index (χ4v) is 1.60. The summed E-state index contributed by atoms with van der Waals surface area (Å²) >= 11 is 4.95. The largest absolute Gasteiger partial charge is 0.480 e. The highest BCUT2D eigenvalue weighted by Gasteiger charge is 2.31. The predicted octanol–water partition coefficient (Wildman–Crippen LogP) is 0.0381. The minimum absolute atomic E-state index is 0.148. The third-order valence-corrected chi connectivity index (χ3v) is 2.43. The van der Waals surface area contributed by atoms with E-state index in [9.17, 15) is 4.79 Å². The number of nitrogens with zero attached hydrogens (tertiary/aromatic N) is 1. The standard InChI is InChI=1S/C7H12N2O2S/c1-4-3-5(6(10)11)9(2)7(12)8-4/h4-5H,3H2,1-2H3,(H,8,12)(H,10,11)/t4-,5+/m0/s1. The van der Waals surface area contributed by atoms with Gasteiger partial charge in [-0.25, -0.2) is 4.79 Å². The van der Waals surface area contributed by atoms with Crippen molar-refractivity contribution in [2.24, 2.45) is 0 Å². The molecule has 2 atom stereocenters. The highest BCUT2D eigenvalue weighted by atomic mass is 32.1. The molecule has 1 saturated heterocycles. The van der Waals surface area contributed by atoms with Crippen LogP contribution in [0.4, 0.5) is 0 Å². The maximum absolute atomic E-state index is 10.7. The molecule has 1 aliphatic heterocycles. The van der Waals surface area contributed by atoms with Crippen molar-refractivity contribution < 1.29 is 9.90 Å². The van der Waals surface area contributed by atoms with Crippen molar-refractivity contribution in [1.29, 1.82) is 0 Å². The van der Waals surface area contributed by atoms with E-state index in [0.29, 0.717) is 11.5 Å². The Balaban J connectivity index is 2.73. The molecular formula is C7H12N2O2S. The third-order valence-electron chi connectivity index (χ3n) is 2.02. The zero-order chi connectivity index (χ0) is 9.30. The molecule has 1 rings (SSSR count). The van der Waals surface area contributed by atoms with Crippen molar-refractivity contribution in [2.45, 2.75) is 25.4 Å². The minimum atomic E-state index is -0.812. The summed E-state index contributed by atoms with van der Waals surface area (Å²) in [5.74, 6) is -0.812. The van der Waals surface area contributed by atoms with E-state index < -0.39 is 12.0 Å². The summed E-state index contributed by atoms with van der Waals surface area (Å²) in [6.07, 6.45) is 0.589. The molecular weight excluding hydrogens is 176 g/mol. The van der Waals surface area contributed by atoms with Crippen LogP contribution in [0.3, 0.4) is 0 Å². The van der Waals surface area contributed by atoms with Crippen LogP contribution in [0, 0.1) is 0 Å². The maximum Gasteiger partial charge on any atom is 0.326 e. The van der Waals surface area contributed by atoms with Gasteiger partial charge in [0, 0.05) is 13.1 Å². The van der Waals surface area contributed by atoms with Crippen LogP contribution in [0.15, 0.2) is 0 Å². The Bertz CT molecular complexity index is 219. The van der Waals surface area contributed by atoms with Crippen molar-refractivity contribution in [2.75, 3.05) is 7.05 Å². The number of carboxylic acids is 1. The van der Waals surface area contributed by atoms with E-state index in [1.54, 1.807) is 11.9 Å². The quantitative estimate of drug-likeness (QED) is 0.569. The van der Waals surface area contributed by atoms with Crippen LogP contribution in [0.2, 0.25) is 0 Å². The monoisotopic (exact) mass is 188 g/mol. The lowest BCUT2D eigenvalue weighted by molar-refractivity contribution is -0.142. The van der Waals surface area contributed by atoms with Gasteiger partial charge in [-0.15, -0.1) is 0 Å². The molecule has 0 amide bonds. The molecule has 0 aliphatic carbocycles. The lowest BCUT2D eigenvalue weighted by atomic mass is 10.1. The summed E-state index contributed by atoms with van der Waals surface area (Å²) in [7, 11) is 1.69. The molecule has 1 heterocycles. The Morgan fingerprint density at radius 2 is 2.42 bits per heavy atom. The molecule has 0 aromatic carbocycles. The molecule has 68 valence electrons. The van der Waals surface area contributed by atoms with Gasteiger partial charge in [0.1, 0.15) is 6.04 Å². The van der Waals surface area contributed by atoms with Gasteiger partial charge in [0.2, 0.25) is 0 Å². The van der Waals surface area contributed by atoms with E-state index in [2.05, 4.69) is 5.32 Å². The highest BCUT2D eigenvalue weighted by Crippen LogP contribution is 2.12. The molecule has 4 nitrogen and oxygen atoms in total. The normalized spacial score (nSPS) is 29.8. The SMILES string of the molecule is C[C@H]1C[C@H](C(=O)O)N(C)C(=S)N1. The van der Waals surface area contributed by atoms with E-state index in [0.717, 1.165) is 0 Å². The minimum Gasteiger partial charge on any atom is -0.480 e. The third kappa shape index (κ3) is 1.66. The van der Waals surface area contributed by atoms with Gasteiger partial charge >= 0.3 is 5.97 Å². The number of hydrogen-bond donors (Lipinski definition) is 2. The van der Waals surface area contributed by atoms with E-state index in [4.69, 9.17) is 17.3 Å². The number of thiocarbonyl (C=S) groups is 1. The van der Waals surface area contributed by atoms with Gasteiger partial charge < -0.3 is 15.3 Å². The van der Waals surface area contributed by atoms with Crippen LogP contribution in [0.1, 0.15) is 13.3 Å². The summed E-state index contributed by atoms with van der Waals surface area (Å²) in [4.78, 5) is 12.3. The van der Waals surface area contributed by atoms with E-state index in [1.807, 2.05) is 6.92 Å². The molecule has 0 spiro atoms.